The molecule has 0 aliphatic carbocycles. The molecule has 1 amide bonds. The maximum atomic E-state index is 13.0. The molecule has 1 aliphatic rings. The Morgan fingerprint density at radius 3 is 2.72 bits per heavy atom. The minimum Gasteiger partial charge on any atom is -0.404 e. The van der Waals surface area contributed by atoms with Gasteiger partial charge in [0.05, 0.1) is 0 Å². The second-order valence-corrected chi connectivity index (χ2v) is 8.59. The van der Waals surface area contributed by atoms with Gasteiger partial charge in [-0.3, -0.25) is 4.79 Å². The highest BCUT2D eigenvalue weighted by Gasteiger charge is 2.26. The van der Waals surface area contributed by atoms with Crippen LogP contribution in [0.1, 0.15) is 49.3 Å². The SMILES string of the molecule is CCCCC(CN1CCc2cc(/C(C=N)=C/N)ccc21)N(C)C(=O)CCc1ccccc1. The molecule has 3 N–H and O–H groups in total. The van der Waals surface area contributed by atoms with Crippen molar-refractivity contribution in [1.29, 1.82) is 5.41 Å². The van der Waals surface area contributed by atoms with Crippen LogP contribution in [0.4, 0.5) is 5.69 Å². The van der Waals surface area contributed by atoms with Gasteiger partial charge in [-0.15, -0.1) is 0 Å². The van der Waals surface area contributed by atoms with E-state index in [1.165, 1.54) is 29.2 Å². The van der Waals surface area contributed by atoms with E-state index in [0.29, 0.717) is 6.42 Å². The summed E-state index contributed by atoms with van der Waals surface area (Å²) in [5.41, 5.74) is 11.1. The van der Waals surface area contributed by atoms with E-state index in [1.807, 2.05) is 36.2 Å². The van der Waals surface area contributed by atoms with Crippen LogP contribution < -0.4 is 10.6 Å². The molecule has 5 nitrogen and oxygen atoms in total. The zero-order chi connectivity index (χ0) is 22.9. The van der Waals surface area contributed by atoms with Gasteiger partial charge in [-0.05, 0) is 48.1 Å². The molecule has 0 bridgehead atoms. The van der Waals surface area contributed by atoms with Crippen molar-refractivity contribution in [2.75, 3.05) is 25.0 Å². The molecule has 1 unspecified atom stereocenters. The highest BCUT2D eigenvalue weighted by atomic mass is 16.2. The summed E-state index contributed by atoms with van der Waals surface area (Å²) in [7, 11) is 1.97. The van der Waals surface area contributed by atoms with Crippen LogP contribution in [0.15, 0.2) is 54.7 Å². The maximum absolute atomic E-state index is 13.0. The molecule has 3 rings (SSSR count). The Labute approximate surface area is 192 Å². The lowest BCUT2D eigenvalue weighted by atomic mass is 10.0. The Hall–Kier alpha value is -3.08. The van der Waals surface area contributed by atoms with Crippen molar-refractivity contribution in [2.45, 2.75) is 51.5 Å². The number of anilines is 1. The fraction of sp³-hybridized carbons (Fsp3) is 0.407. The van der Waals surface area contributed by atoms with E-state index >= 15 is 0 Å². The number of aryl methyl sites for hydroxylation is 1. The van der Waals surface area contributed by atoms with Crippen LogP contribution in [0, 0.1) is 5.41 Å². The molecule has 0 spiro atoms. The quantitative estimate of drug-likeness (QED) is 0.508. The topological polar surface area (TPSA) is 73.4 Å². The Morgan fingerprint density at radius 2 is 2.03 bits per heavy atom. The molecule has 170 valence electrons. The molecule has 0 aromatic heterocycles. The lowest BCUT2D eigenvalue weighted by Gasteiger charge is -2.33. The van der Waals surface area contributed by atoms with Crippen molar-refractivity contribution in [3.05, 3.63) is 71.4 Å². The average Bonchev–Trinajstić information content (AvgIpc) is 3.23. The van der Waals surface area contributed by atoms with Crippen molar-refractivity contribution in [2.24, 2.45) is 5.73 Å². The van der Waals surface area contributed by atoms with Crippen molar-refractivity contribution in [3.63, 3.8) is 0 Å². The molecule has 5 heteroatoms. The number of allylic oxidation sites excluding steroid dienone is 1. The Morgan fingerprint density at radius 1 is 1.25 bits per heavy atom. The number of nitrogens with one attached hydrogen (secondary N) is 1. The number of rotatable bonds is 11. The van der Waals surface area contributed by atoms with Gasteiger partial charge in [-0.2, -0.15) is 0 Å². The molecular formula is C27H36N4O. The molecule has 1 heterocycles. The van der Waals surface area contributed by atoms with Crippen LogP contribution in [0.5, 0.6) is 0 Å². The molecule has 1 aliphatic heterocycles. The number of carbonyl (C=O) groups is 1. The third-order valence-electron chi connectivity index (χ3n) is 6.47. The van der Waals surface area contributed by atoms with Crippen LogP contribution in [0.2, 0.25) is 0 Å². The first-order valence-corrected chi connectivity index (χ1v) is 11.7. The summed E-state index contributed by atoms with van der Waals surface area (Å²) < 4.78 is 0. The number of hydrogen-bond donors (Lipinski definition) is 2. The van der Waals surface area contributed by atoms with Gasteiger partial charge in [0.15, 0.2) is 0 Å². The fourth-order valence-electron chi connectivity index (χ4n) is 4.44. The summed E-state index contributed by atoms with van der Waals surface area (Å²) in [6, 6.07) is 16.8. The van der Waals surface area contributed by atoms with Gasteiger partial charge in [0.1, 0.15) is 0 Å². The van der Waals surface area contributed by atoms with Crippen molar-refractivity contribution < 1.29 is 4.79 Å². The van der Waals surface area contributed by atoms with Crippen molar-refractivity contribution in [1.82, 2.24) is 4.90 Å². The minimum absolute atomic E-state index is 0.199. The molecule has 0 fully saturated rings. The first-order chi connectivity index (χ1) is 15.6. The number of likely N-dealkylation sites (N-methyl/N-ethyl adjacent to an activating group) is 1. The summed E-state index contributed by atoms with van der Waals surface area (Å²) in [6.45, 7) is 4.01. The maximum Gasteiger partial charge on any atom is 0.222 e. The third kappa shape index (κ3) is 5.78. The molecule has 32 heavy (non-hydrogen) atoms. The van der Waals surface area contributed by atoms with Crippen LogP contribution >= 0.6 is 0 Å². The lowest BCUT2D eigenvalue weighted by molar-refractivity contribution is -0.131. The number of carbonyl (C=O) groups excluding carboxylic acids is 1. The normalized spacial score (nSPS) is 14.2. The van der Waals surface area contributed by atoms with E-state index in [2.05, 4.69) is 36.1 Å². The monoisotopic (exact) mass is 432 g/mol. The van der Waals surface area contributed by atoms with Crippen LogP contribution in [-0.2, 0) is 17.6 Å². The molecule has 0 saturated heterocycles. The molecule has 2 aromatic rings. The summed E-state index contributed by atoms with van der Waals surface area (Å²) in [5.74, 6) is 0.216. The van der Waals surface area contributed by atoms with Gasteiger partial charge in [0, 0.05) is 56.3 Å². The summed E-state index contributed by atoms with van der Waals surface area (Å²) >= 11 is 0. The summed E-state index contributed by atoms with van der Waals surface area (Å²) in [4.78, 5) is 17.4. The summed E-state index contributed by atoms with van der Waals surface area (Å²) in [6.07, 6.45) is 8.34. The number of unbranched alkanes of at least 4 members (excludes halogenated alkanes) is 1. The zero-order valence-corrected chi connectivity index (χ0v) is 19.4. The first kappa shape index (κ1) is 23.6. The van der Waals surface area contributed by atoms with E-state index in [-0.39, 0.29) is 11.9 Å². The van der Waals surface area contributed by atoms with E-state index in [9.17, 15) is 4.79 Å². The Kier molecular flexibility index (Phi) is 8.48. The second-order valence-electron chi connectivity index (χ2n) is 8.59. The molecule has 0 saturated carbocycles. The van der Waals surface area contributed by atoms with Crippen LogP contribution in [0.3, 0.4) is 0 Å². The van der Waals surface area contributed by atoms with E-state index in [4.69, 9.17) is 11.1 Å². The van der Waals surface area contributed by atoms with Gasteiger partial charge >= 0.3 is 0 Å². The second kappa shape index (κ2) is 11.5. The van der Waals surface area contributed by atoms with Gasteiger partial charge in [-0.25, -0.2) is 0 Å². The Balaban J connectivity index is 1.68. The van der Waals surface area contributed by atoms with Crippen molar-refractivity contribution in [3.8, 4) is 0 Å². The predicted molar refractivity (Wildman–Crippen MR) is 134 cm³/mol. The number of hydrogen-bond acceptors (Lipinski definition) is 4. The number of benzene rings is 2. The van der Waals surface area contributed by atoms with E-state index in [0.717, 1.165) is 56.3 Å². The van der Waals surface area contributed by atoms with Gasteiger partial charge in [-0.1, -0.05) is 56.2 Å². The molecule has 2 aromatic carbocycles. The lowest BCUT2D eigenvalue weighted by Crippen LogP contribution is -2.44. The number of amides is 1. The minimum atomic E-state index is 0.199. The average molecular weight is 433 g/mol. The molecular weight excluding hydrogens is 396 g/mol. The molecule has 0 radical (unpaired) electrons. The van der Waals surface area contributed by atoms with Crippen LogP contribution in [-0.4, -0.2) is 43.2 Å². The van der Waals surface area contributed by atoms with Gasteiger partial charge in [0.2, 0.25) is 5.91 Å². The largest absolute Gasteiger partial charge is 0.404 e. The Bertz CT molecular complexity index is 938. The number of nitrogens with zero attached hydrogens (tertiary/aromatic N) is 2. The first-order valence-electron chi connectivity index (χ1n) is 11.7. The van der Waals surface area contributed by atoms with Gasteiger partial charge in [0.25, 0.3) is 0 Å². The highest BCUT2D eigenvalue weighted by molar-refractivity contribution is 6.08. The van der Waals surface area contributed by atoms with E-state index in [1.54, 1.807) is 0 Å². The van der Waals surface area contributed by atoms with Crippen molar-refractivity contribution >= 4 is 23.4 Å². The number of nitrogens with two attached hydrogens (primary N) is 1. The number of fused-ring (bicyclic) bond motifs is 1. The van der Waals surface area contributed by atoms with Crippen LogP contribution in [0.25, 0.3) is 5.57 Å². The summed E-state index contributed by atoms with van der Waals surface area (Å²) in [5, 5.41) is 7.55. The third-order valence-corrected chi connectivity index (χ3v) is 6.47. The smallest absolute Gasteiger partial charge is 0.222 e. The predicted octanol–water partition coefficient (Wildman–Crippen LogP) is 4.65. The molecule has 1 atom stereocenters. The van der Waals surface area contributed by atoms with E-state index < -0.39 is 0 Å². The zero-order valence-electron chi connectivity index (χ0n) is 19.4. The highest BCUT2D eigenvalue weighted by Crippen LogP contribution is 2.31. The fourth-order valence-corrected chi connectivity index (χ4v) is 4.44. The standard InChI is InChI=1S/C27H36N4O/c1-3-4-10-25(30(2)27(32)14-11-21-8-6-5-7-9-21)20-31-16-15-23-17-22(12-13-26(23)31)24(18-28)19-29/h5-9,12-13,17-19,25,28H,3-4,10-11,14-16,20,29H2,1-2H3/b24-19+,28-18?. The van der Waals surface area contributed by atoms with Gasteiger partial charge < -0.3 is 20.9 Å².